The molecule has 1 fully saturated rings. The van der Waals surface area contributed by atoms with Crippen molar-refractivity contribution in [3.63, 3.8) is 0 Å². The van der Waals surface area contributed by atoms with Crippen LogP contribution in [0.4, 0.5) is 5.82 Å². The number of likely N-dealkylation sites (N-methyl/N-ethyl adjacent to an activating group) is 1. The molecule has 0 aliphatic carbocycles. The Balaban J connectivity index is 2.23. The van der Waals surface area contributed by atoms with E-state index in [9.17, 15) is 0 Å². The lowest BCUT2D eigenvalue weighted by Crippen LogP contribution is -2.44. The molecule has 0 amide bonds. The number of nitrogens with zero attached hydrogens (tertiary/aromatic N) is 3. The molecule has 2 heterocycles. The van der Waals surface area contributed by atoms with E-state index < -0.39 is 0 Å². The molecule has 0 aromatic carbocycles. The number of hydrogen-bond donors (Lipinski definition) is 0. The van der Waals surface area contributed by atoms with Crippen LogP contribution in [-0.4, -0.2) is 43.1 Å². The number of hydrogen-bond acceptors (Lipinski definition) is 3. The molecule has 1 saturated heterocycles. The Labute approximate surface area is 115 Å². The second-order valence-corrected chi connectivity index (χ2v) is 5.60. The average molecular weight is 268 g/mol. The Morgan fingerprint density at radius 2 is 1.89 bits per heavy atom. The lowest BCUT2D eigenvalue weighted by molar-refractivity contribution is 0.312. The summed E-state index contributed by atoms with van der Waals surface area (Å²) in [7, 11) is 2.17. The molecule has 4 heteroatoms. The largest absolute Gasteiger partial charge is 0.354 e. The van der Waals surface area contributed by atoms with Crippen molar-refractivity contribution in [1.29, 1.82) is 0 Å². The second kappa shape index (κ2) is 5.89. The Hall–Kier alpha value is -0.800. The van der Waals surface area contributed by atoms with Crippen LogP contribution in [0.5, 0.6) is 0 Å². The summed E-state index contributed by atoms with van der Waals surface area (Å²) in [6.45, 7) is 8.65. The van der Waals surface area contributed by atoms with E-state index in [0.717, 1.165) is 37.7 Å². The molecule has 100 valence electrons. The highest BCUT2D eigenvalue weighted by molar-refractivity contribution is 6.17. The highest BCUT2D eigenvalue weighted by Gasteiger charge is 2.16. The summed E-state index contributed by atoms with van der Waals surface area (Å²) in [6, 6.07) is 4.25. The predicted octanol–water partition coefficient (Wildman–Crippen LogP) is 2.70. The highest BCUT2D eigenvalue weighted by Crippen LogP contribution is 2.22. The molecule has 0 unspecified atom stereocenters. The number of halogens is 1. The van der Waals surface area contributed by atoms with E-state index in [0.29, 0.717) is 11.8 Å². The lowest BCUT2D eigenvalue weighted by atomic mass is 10.1. The van der Waals surface area contributed by atoms with Gasteiger partial charge in [-0.05, 0) is 30.7 Å². The fourth-order valence-electron chi connectivity index (χ4n) is 2.16. The van der Waals surface area contributed by atoms with Gasteiger partial charge in [0, 0.05) is 37.8 Å². The summed E-state index contributed by atoms with van der Waals surface area (Å²) in [4.78, 5) is 9.49. The van der Waals surface area contributed by atoms with Gasteiger partial charge in [-0.25, -0.2) is 4.98 Å². The minimum absolute atomic E-state index is 0.444. The van der Waals surface area contributed by atoms with Crippen LogP contribution in [-0.2, 0) is 5.88 Å². The summed E-state index contributed by atoms with van der Waals surface area (Å²) >= 11 is 5.98. The number of aromatic nitrogens is 1. The van der Waals surface area contributed by atoms with Crippen LogP contribution in [0.25, 0.3) is 0 Å². The van der Waals surface area contributed by atoms with Crippen LogP contribution in [0.2, 0.25) is 0 Å². The monoisotopic (exact) mass is 267 g/mol. The zero-order valence-corrected chi connectivity index (χ0v) is 12.2. The molecule has 1 aliphatic heterocycles. The molecule has 0 saturated carbocycles. The van der Waals surface area contributed by atoms with E-state index in [2.05, 4.69) is 42.8 Å². The van der Waals surface area contributed by atoms with Gasteiger partial charge in [-0.3, -0.25) is 0 Å². The van der Waals surface area contributed by atoms with Crippen LogP contribution in [0, 0.1) is 0 Å². The maximum atomic E-state index is 5.98. The molecule has 0 atom stereocenters. The maximum Gasteiger partial charge on any atom is 0.129 e. The molecule has 1 aromatic rings. The van der Waals surface area contributed by atoms with Crippen molar-refractivity contribution in [1.82, 2.24) is 9.88 Å². The van der Waals surface area contributed by atoms with Crippen LogP contribution >= 0.6 is 11.6 Å². The molecule has 0 radical (unpaired) electrons. The zero-order valence-electron chi connectivity index (χ0n) is 11.5. The van der Waals surface area contributed by atoms with Crippen LogP contribution in [0.15, 0.2) is 12.1 Å². The quantitative estimate of drug-likeness (QED) is 0.785. The van der Waals surface area contributed by atoms with Crippen LogP contribution < -0.4 is 4.90 Å². The molecule has 0 bridgehead atoms. The van der Waals surface area contributed by atoms with Gasteiger partial charge in [0.15, 0.2) is 0 Å². The van der Waals surface area contributed by atoms with Gasteiger partial charge in [0.05, 0.1) is 0 Å². The molecular formula is C14H22ClN3. The first-order valence-electron chi connectivity index (χ1n) is 6.60. The Kier molecular flexibility index (Phi) is 4.46. The molecule has 18 heavy (non-hydrogen) atoms. The SMILES string of the molecule is CC(C)c1cc(CCl)cc(N2CCN(C)CC2)n1. The van der Waals surface area contributed by atoms with E-state index in [4.69, 9.17) is 16.6 Å². The first-order chi connectivity index (χ1) is 8.60. The van der Waals surface area contributed by atoms with E-state index in [-0.39, 0.29) is 0 Å². The van der Waals surface area contributed by atoms with Crippen molar-refractivity contribution in [2.24, 2.45) is 0 Å². The summed E-state index contributed by atoms with van der Waals surface area (Å²) < 4.78 is 0. The fraction of sp³-hybridized carbons (Fsp3) is 0.643. The third-order valence-electron chi connectivity index (χ3n) is 3.46. The Morgan fingerprint density at radius 3 is 2.44 bits per heavy atom. The van der Waals surface area contributed by atoms with Gasteiger partial charge >= 0.3 is 0 Å². The van der Waals surface area contributed by atoms with Gasteiger partial charge in [-0.15, -0.1) is 11.6 Å². The van der Waals surface area contributed by atoms with Crippen molar-refractivity contribution in [2.45, 2.75) is 25.6 Å². The average Bonchev–Trinajstić information content (AvgIpc) is 2.39. The van der Waals surface area contributed by atoms with Crippen molar-refractivity contribution in [2.75, 3.05) is 38.1 Å². The van der Waals surface area contributed by atoms with Gasteiger partial charge in [0.25, 0.3) is 0 Å². The number of pyridine rings is 1. The fourth-order valence-corrected chi connectivity index (χ4v) is 2.32. The third-order valence-corrected chi connectivity index (χ3v) is 3.77. The summed E-state index contributed by atoms with van der Waals surface area (Å²) in [5, 5.41) is 0. The predicted molar refractivity (Wildman–Crippen MR) is 77.6 cm³/mol. The second-order valence-electron chi connectivity index (χ2n) is 5.34. The molecule has 0 spiro atoms. The highest BCUT2D eigenvalue weighted by atomic mass is 35.5. The van der Waals surface area contributed by atoms with E-state index >= 15 is 0 Å². The topological polar surface area (TPSA) is 19.4 Å². The Bertz CT molecular complexity index is 398. The number of rotatable bonds is 3. The number of alkyl halides is 1. The minimum atomic E-state index is 0.444. The third kappa shape index (κ3) is 3.15. The van der Waals surface area contributed by atoms with Gasteiger partial charge in [-0.1, -0.05) is 13.8 Å². The van der Waals surface area contributed by atoms with Gasteiger partial charge in [0.2, 0.25) is 0 Å². The normalized spacial score (nSPS) is 17.5. The van der Waals surface area contributed by atoms with E-state index in [1.165, 1.54) is 5.56 Å². The molecule has 2 rings (SSSR count). The van der Waals surface area contributed by atoms with Gasteiger partial charge in [0.1, 0.15) is 5.82 Å². The summed E-state index contributed by atoms with van der Waals surface area (Å²) in [6.07, 6.45) is 0. The molecule has 3 nitrogen and oxygen atoms in total. The minimum Gasteiger partial charge on any atom is -0.354 e. The lowest BCUT2D eigenvalue weighted by Gasteiger charge is -2.33. The maximum absolute atomic E-state index is 5.98. The van der Waals surface area contributed by atoms with Gasteiger partial charge < -0.3 is 9.80 Å². The van der Waals surface area contributed by atoms with Crippen LogP contribution in [0.3, 0.4) is 0 Å². The zero-order chi connectivity index (χ0) is 13.1. The smallest absolute Gasteiger partial charge is 0.129 e. The Morgan fingerprint density at radius 1 is 1.22 bits per heavy atom. The van der Waals surface area contributed by atoms with Crippen molar-refractivity contribution < 1.29 is 0 Å². The molecular weight excluding hydrogens is 246 g/mol. The van der Waals surface area contributed by atoms with Crippen molar-refractivity contribution in [3.8, 4) is 0 Å². The molecule has 1 aromatic heterocycles. The number of anilines is 1. The summed E-state index contributed by atoms with van der Waals surface area (Å²) in [5.41, 5.74) is 2.31. The van der Waals surface area contributed by atoms with E-state index in [1.54, 1.807) is 0 Å². The number of piperazine rings is 1. The first-order valence-corrected chi connectivity index (χ1v) is 7.14. The molecule has 1 aliphatic rings. The standard InChI is InChI=1S/C14H22ClN3/c1-11(2)13-8-12(10-15)9-14(16-13)18-6-4-17(3)5-7-18/h8-9,11H,4-7,10H2,1-3H3. The van der Waals surface area contributed by atoms with Crippen LogP contribution in [0.1, 0.15) is 31.0 Å². The van der Waals surface area contributed by atoms with E-state index in [1.807, 2.05) is 0 Å². The molecule has 0 N–H and O–H groups in total. The first kappa shape index (κ1) is 13.6. The summed E-state index contributed by atoms with van der Waals surface area (Å²) in [5.74, 6) is 2.09. The van der Waals surface area contributed by atoms with Crippen molar-refractivity contribution >= 4 is 17.4 Å². The van der Waals surface area contributed by atoms with Gasteiger partial charge in [-0.2, -0.15) is 0 Å². The van der Waals surface area contributed by atoms with Crippen molar-refractivity contribution in [3.05, 3.63) is 23.4 Å².